The molecule has 2 aliphatic rings. The van der Waals surface area contributed by atoms with Crippen molar-refractivity contribution in [3.63, 3.8) is 0 Å². The Hall–Kier alpha value is -0.920. The molecule has 0 saturated heterocycles. The molecule has 0 bridgehead atoms. The number of rotatable bonds is 3. The summed E-state index contributed by atoms with van der Waals surface area (Å²) < 4.78 is 0. The molecule has 0 N–H and O–H groups in total. The van der Waals surface area contributed by atoms with Crippen LogP contribution in [0.15, 0.2) is 21.9 Å². The first-order chi connectivity index (χ1) is 7.38. The lowest BCUT2D eigenvalue weighted by molar-refractivity contribution is 0.665. The van der Waals surface area contributed by atoms with E-state index < -0.39 is 0 Å². The van der Waals surface area contributed by atoms with Crippen LogP contribution >= 0.6 is 0 Å². The summed E-state index contributed by atoms with van der Waals surface area (Å²) in [5.74, 6) is 1.72. The summed E-state index contributed by atoms with van der Waals surface area (Å²) in [5, 5.41) is 0. The van der Waals surface area contributed by atoms with Crippen LogP contribution in [0.4, 0.5) is 0 Å². The number of hydrogen-bond donors (Lipinski definition) is 0. The minimum absolute atomic E-state index is 0.761. The Balaban J connectivity index is 2.03. The Labute approximate surface area is 92.2 Å². The first kappa shape index (κ1) is 10.6. The van der Waals surface area contributed by atoms with Gasteiger partial charge in [0, 0.05) is 11.9 Å². The van der Waals surface area contributed by atoms with E-state index in [1.54, 1.807) is 0 Å². The summed E-state index contributed by atoms with van der Waals surface area (Å²) in [6.07, 6.45) is 13.1. The molecule has 2 fully saturated rings. The fourth-order valence-electron chi connectivity index (χ4n) is 1.95. The highest BCUT2D eigenvalue weighted by atomic mass is 15.0. The van der Waals surface area contributed by atoms with E-state index in [4.69, 9.17) is 0 Å². The van der Waals surface area contributed by atoms with Crippen molar-refractivity contribution in [2.24, 2.45) is 15.9 Å². The Morgan fingerprint density at radius 2 is 1.93 bits per heavy atom. The van der Waals surface area contributed by atoms with Gasteiger partial charge in [0.2, 0.25) is 0 Å². The second-order valence-electron chi connectivity index (χ2n) is 4.49. The summed E-state index contributed by atoms with van der Waals surface area (Å²) in [6.45, 7) is 1.96. The summed E-state index contributed by atoms with van der Waals surface area (Å²) >= 11 is 0. The third kappa shape index (κ3) is 3.61. The summed E-state index contributed by atoms with van der Waals surface area (Å²) in [4.78, 5) is 9.03. The third-order valence-electron chi connectivity index (χ3n) is 2.97. The molecule has 0 aromatic carbocycles. The molecule has 0 spiro atoms. The van der Waals surface area contributed by atoms with Crippen LogP contribution in [0.5, 0.6) is 0 Å². The molecule has 0 unspecified atom stereocenters. The monoisotopic (exact) mass is 204 g/mol. The van der Waals surface area contributed by atoms with Gasteiger partial charge in [-0.2, -0.15) is 0 Å². The largest absolute Gasteiger partial charge is 0.242 e. The second kappa shape index (κ2) is 5.24. The van der Waals surface area contributed by atoms with Gasteiger partial charge in [-0.05, 0) is 57.4 Å². The van der Waals surface area contributed by atoms with Crippen molar-refractivity contribution in [2.75, 3.05) is 0 Å². The molecule has 0 amide bonds. The number of nitrogens with zero attached hydrogens (tertiary/aromatic N) is 2. The van der Waals surface area contributed by atoms with Crippen molar-refractivity contribution in [1.29, 1.82) is 0 Å². The molecule has 0 heterocycles. The van der Waals surface area contributed by atoms with Crippen LogP contribution in [0.25, 0.3) is 0 Å². The molecular weight excluding hydrogens is 184 g/mol. The van der Waals surface area contributed by atoms with Crippen molar-refractivity contribution >= 4 is 11.9 Å². The second-order valence-corrected chi connectivity index (χ2v) is 4.49. The molecule has 0 aliphatic heterocycles. The maximum Gasteiger partial charge on any atom is 0.147 e. The van der Waals surface area contributed by atoms with E-state index in [2.05, 4.69) is 16.1 Å². The number of aliphatic imine (C=N–C) groups is 2. The predicted molar refractivity (Wildman–Crippen MR) is 65.5 cm³/mol. The highest BCUT2D eigenvalue weighted by molar-refractivity contribution is 5.86. The Morgan fingerprint density at radius 1 is 1.20 bits per heavy atom. The fraction of sp³-hybridized carbons (Fsp3) is 0.692. The summed E-state index contributed by atoms with van der Waals surface area (Å²) in [6, 6.07) is 0. The normalized spacial score (nSPS) is 23.5. The first-order valence-electron chi connectivity index (χ1n) is 6.15. The zero-order valence-corrected chi connectivity index (χ0v) is 9.58. The fourth-order valence-corrected chi connectivity index (χ4v) is 1.95. The van der Waals surface area contributed by atoms with Crippen LogP contribution < -0.4 is 0 Å². The van der Waals surface area contributed by atoms with E-state index in [0.29, 0.717) is 0 Å². The molecule has 15 heavy (non-hydrogen) atoms. The van der Waals surface area contributed by atoms with Crippen LogP contribution in [0.2, 0.25) is 0 Å². The average molecular weight is 204 g/mol. The summed E-state index contributed by atoms with van der Waals surface area (Å²) in [7, 11) is 0. The minimum Gasteiger partial charge on any atom is -0.242 e. The highest BCUT2D eigenvalue weighted by Crippen LogP contribution is 2.32. The Bertz CT molecular complexity index is 288. The molecule has 0 aromatic rings. The quantitative estimate of drug-likeness (QED) is 0.626. The maximum atomic E-state index is 4.69. The van der Waals surface area contributed by atoms with Crippen LogP contribution in [0, 0.1) is 5.92 Å². The van der Waals surface area contributed by atoms with Crippen LogP contribution in [-0.4, -0.2) is 11.9 Å². The summed E-state index contributed by atoms with van der Waals surface area (Å²) in [5.41, 5.74) is 1.36. The topological polar surface area (TPSA) is 24.7 Å². The molecule has 2 heteroatoms. The molecule has 2 nitrogen and oxygen atoms in total. The molecule has 2 aliphatic carbocycles. The van der Waals surface area contributed by atoms with E-state index in [-0.39, 0.29) is 0 Å². The van der Waals surface area contributed by atoms with Crippen molar-refractivity contribution in [1.82, 2.24) is 0 Å². The molecular formula is C13H20N2. The zero-order valence-electron chi connectivity index (χ0n) is 9.58. The molecule has 82 valence electrons. The van der Waals surface area contributed by atoms with Gasteiger partial charge < -0.3 is 0 Å². The lowest BCUT2D eigenvalue weighted by Crippen LogP contribution is -2.04. The van der Waals surface area contributed by atoms with Crippen LogP contribution in [-0.2, 0) is 0 Å². The molecule has 2 saturated carbocycles. The van der Waals surface area contributed by atoms with Gasteiger partial charge in [-0.3, -0.25) is 0 Å². The number of allylic oxidation sites excluding steroid dienone is 1. The van der Waals surface area contributed by atoms with Crippen molar-refractivity contribution < 1.29 is 0 Å². The van der Waals surface area contributed by atoms with Gasteiger partial charge in [-0.1, -0.05) is 6.42 Å². The van der Waals surface area contributed by atoms with Gasteiger partial charge in [0.25, 0.3) is 0 Å². The number of hydrogen-bond acceptors (Lipinski definition) is 2. The van der Waals surface area contributed by atoms with Crippen molar-refractivity contribution in [3.05, 3.63) is 11.9 Å². The van der Waals surface area contributed by atoms with E-state index in [1.807, 2.05) is 13.1 Å². The van der Waals surface area contributed by atoms with E-state index >= 15 is 0 Å². The van der Waals surface area contributed by atoms with E-state index in [0.717, 1.165) is 11.7 Å². The molecule has 2 rings (SSSR count). The Kier molecular flexibility index (Phi) is 3.70. The standard InChI is InChI=1S/C13H20N2/c1-2-14-13(10-11-8-9-11)15-12-6-4-3-5-7-12/h2,10-11H,3-9H2,1H3/b13-10+,14-2?. The first-order valence-corrected chi connectivity index (χ1v) is 6.15. The van der Waals surface area contributed by atoms with E-state index in [1.165, 1.54) is 50.7 Å². The van der Waals surface area contributed by atoms with Crippen molar-refractivity contribution in [2.45, 2.75) is 51.9 Å². The molecule has 0 atom stereocenters. The van der Waals surface area contributed by atoms with Crippen molar-refractivity contribution in [3.8, 4) is 0 Å². The van der Waals surface area contributed by atoms with Gasteiger partial charge in [-0.15, -0.1) is 0 Å². The van der Waals surface area contributed by atoms with Gasteiger partial charge in [-0.25, -0.2) is 9.98 Å². The molecule has 0 radical (unpaired) electrons. The minimum atomic E-state index is 0.761. The lowest BCUT2D eigenvalue weighted by Gasteiger charge is -2.12. The smallest absolute Gasteiger partial charge is 0.147 e. The van der Waals surface area contributed by atoms with Gasteiger partial charge in [0.1, 0.15) is 5.82 Å². The zero-order chi connectivity index (χ0) is 10.5. The predicted octanol–water partition coefficient (Wildman–Crippen LogP) is 3.73. The maximum absolute atomic E-state index is 4.69. The average Bonchev–Trinajstić information content (AvgIpc) is 3.03. The highest BCUT2D eigenvalue weighted by Gasteiger charge is 2.19. The molecule has 0 aromatic heterocycles. The van der Waals surface area contributed by atoms with Gasteiger partial charge in [0.05, 0.1) is 0 Å². The Morgan fingerprint density at radius 3 is 2.53 bits per heavy atom. The van der Waals surface area contributed by atoms with Crippen LogP contribution in [0.3, 0.4) is 0 Å². The third-order valence-corrected chi connectivity index (χ3v) is 2.97. The van der Waals surface area contributed by atoms with Crippen LogP contribution in [0.1, 0.15) is 51.9 Å². The van der Waals surface area contributed by atoms with Gasteiger partial charge in [0.15, 0.2) is 0 Å². The van der Waals surface area contributed by atoms with Gasteiger partial charge >= 0.3 is 0 Å². The lowest BCUT2D eigenvalue weighted by atomic mass is 9.98. The SMILES string of the molecule is CC=N/C(=C\C1CC1)N=C1CCCCC1. The van der Waals surface area contributed by atoms with E-state index in [9.17, 15) is 0 Å².